The van der Waals surface area contributed by atoms with Crippen LogP contribution in [0.25, 0.3) is 0 Å². The summed E-state index contributed by atoms with van der Waals surface area (Å²) in [5.41, 5.74) is 10.1. The SMILES string of the molecule is COc1c(C(=O)Cc2cccc(N)c2)ccc(C)c1C. The molecule has 0 aliphatic heterocycles. The van der Waals surface area contributed by atoms with Gasteiger partial charge in [0, 0.05) is 12.1 Å². The quantitative estimate of drug-likeness (QED) is 0.684. The van der Waals surface area contributed by atoms with Crippen molar-refractivity contribution in [3.8, 4) is 5.75 Å². The van der Waals surface area contributed by atoms with E-state index in [1.54, 1.807) is 7.11 Å². The highest BCUT2D eigenvalue weighted by atomic mass is 16.5. The Morgan fingerprint density at radius 2 is 1.95 bits per heavy atom. The van der Waals surface area contributed by atoms with E-state index in [9.17, 15) is 4.79 Å². The molecule has 2 rings (SSSR count). The van der Waals surface area contributed by atoms with E-state index in [4.69, 9.17) is 10.5 Å². The molecule has 20 heavy (non-hydrogen) atoms. The highest BCUT2D eigenvalue weighted by Crippen LogP contribution is 2.27. The number of benzene rings is 2. The van der Waals surface area contributed by atoms with Crippen molar-refractivity contribution in [1.29, 1.82) is 0 Å². The molecule has 0 saturated heterocycles. The number of nitrogens with two attached hydrogens (primary N) is 1. The predicted octanol–water partition coefficient (Wildman–Crippen LogP) is 3.32. The molecular weight excluding hydrogens is 250 g/mol. The number of methoxy groups -OCH3 is 1. The number of nitrogen functional groups attached to an aromatic ring is 1. The van der Waals surface area contributed by atoms with Crippen molar-refractivity contribution >= 4 is 11.5 Å². The molecule has 3 heteroatoms. The van der Waals surface area contributed by atoms with Crippen LogP contribution in [0.15, 0.2) is 36.4 Å². The van der Waals surface area contributed by atoms with Gasteiger partial charge in [-0.1, -0.05) is 18.2 Å². The monoisotopic (exact) mass is 269 g/mol. The molecule has 0 fully saturated rings. The molecule has 0 aliphatic rings. The maximum Gasteiger partial charge on any atom is 0.170 e. The van der Waals surface area contributed by atoms with Crippen LogP contribution in [0.4, 0.5) is 5.69 Å². The Morgan fingerprint density at radius 1 is 1.20 bits per heavy atom. The Morgan fingerprint density at radius 3 is 2.60 bits per heavy atom. The fourth-order valence-corrected chi connectivity index (χ4v) is 2.26. The van der Waals surface area contributed by atoms with Gasteiger partial charge in [0.15, 0.2) is 5.78 Å². The Hall–Kier alpha value is -2.29. The van der Waals surface area contributed by atoms with Gasteiger partial charge < -0.3 is 10.5 Å². The highest BCUT2D eigenvalue weighted by molar-refractivity contribution is 6.00. The lowest BCUT2D eigenvalue weighted by Gasteiger charge is -2.12. The molecule has 2 N–H and O–H groups in total. The van der Waals surface area contributed by atoms with E-state index < -0.39 is 0 Å². The molecule has 0 unspecified atom stereocenters. The van der Waals surface area contributed by atoms with Gasteiger partial charge in [0.1, 0.15) is 5.75 Å². The van der Waals surface area contributed by atoms with Crippen molar-refractivity contribution in [2.24, 2.45) is 0 Å². The molecule has 0 spiro atoms. The molecule has 0 bridgehead atoms. The van der Waals surface area contributed by atoms with Gasteiger partial charge in [-0.2, -0.15) is 0 Å². The largest absolute Gasteiger partial charge is 0.496 e. The number of ether oxygens (including phenoxy) is 1. The third-order valence-corrected chi connectivity index (χ3v) is 3.50. The summed E-state index contributed by atoms with van der Waals surface area (Å²) in [6, 6.07) is 11.2. The van der Waals surface area contributed by atoms with Crippen molar-refractivity contribution in [2.75, 3.05) is 12.8 Å². The van der Waals surface area contributed by atoms with E-state index in [1.165, 1.54) is 0 Å². The molecule has 0 radical (unpaired) electrons. The standard InChI is InChI=1S/C17H19NO2/c1-11-7-8-15(17(20-3)12(11)2)16(19)10-13-5-4-6-14(18)9-13/h4-9H,10,18H2,1-3H3. The molecular formula is C17H19NO2. The topological polar surface area (TPSA) is 52.3 Å². The Labute approximate surface area is 119 Å². The minimum Gasteiger partial charge on any atom is -0.496 e. The zero-order valence-corrected chi connectivity index (χ0v) is 12.1. The molecule has 3 nitrogen and oxygen atoms in total. The molecule has 0 aliphatic carbocycles. The molecule has 104 valence electrons. The second kappa shape index (κ2) is 5.78. The van der Waals surface area contributed by atoms with E-state index in [0.29, 0.717) is 23.4 Å². The van der Waals surface area contributed by atoms with E-state index in [2.05, 4.69) is 0 Å². The average molecular weight is 269 g/mol. The smallest absolute Gasteiger partial charge is 0.170 e. The van der Waals surface area contributed by atoms with Crippen molar-refractivity contribution in [3.05, 3.63) is 58.7 Å². The van der Waals surface area contributed by atoms with Crippen molar-refractivity contribution < 1.29 is 9.53 Å². The summed E-state index contributed by atoms with van der Waals surface area (Å²) in [5, 5.41) is 0. The molecule has 2 aromatic rings. The maximum absolute atomic E-state index is 12.4. The molecule has 2 aromatic carbocycles. The second-order valence-corrected chi connectivity index (χ2v) is 4.93. The first-order valence-electron chi connectivity index (χ1n) is 6.54. The number of carbonyl (C=O) groups is 1. The average Bonchev–Trinajstić information content (AvgIpc) is 2.41. The van der Waals surface area contributed by atoms with E-state index in [0.717, 1.165) is 16.7 Å². The fraction of sp³-hybridized carbons (Fsp3) is 0.235. The molecule has 0 amide bonds. The first kappa shape index (κ1) is 14.1. The van der Waals surface area contributed by atoms with Crippen LogP contribution in [0.1, 0.15) is 27.0 Å². The van der Waals surface area contributed by atoms with Gasteiger partial charge in [0.25, 0.3) is 0 Å². The lowest BCUT2D eigenvalue weighted by atomic mass is 9.97. The number of carbonyl (C=O) groups excluding carboxylic acids is 1. The van der Waals surface area contributed by atoms with Gasteiger partial charge in [0.2, 0.25) is 0 Å². The lowest BCUT2D eigenvalue weighted by Crippen LogP contribution is -2.07. The van der Waals surface area contributed by atoms with Gasteiger partial charge in [-0.25, -0.2) is 0 Å². The summed E-state index contributed by atoms with van der Waals surface area (Å²) in [5.74, 6) is 0.703. The minimum absolute atomic E-state index is 0.0375. The Bertz CT molecular complexity index is 647. The summed E-state index contributed by atoms with van der Waals surface area (Å²) in [6.07, 6.45) is 0.323. The molecule has 0 aromatic heterocycles. The number of hydrogen-bond acceptors (Lipinski definition) is 3. The summed E-state index contributed by atoms with van der Waals surface area (Å²) in [4.78, 5) is 12.4. The third kappa shape index (κ3) is 2.82. The molecule has 0 atom stereocenters. The normalized spacial score (nSPS) is 10.3. The lowest BCUT2D eigenvalue weighted by molar-refractivity contribution is 0.0990. The number of rotatable bonds is 4. The number of ketones is 1. The summed E-state index contributed by atoms with van der Waals surface area (Å²) < 4.78 is 5.39. The van der Waals surface area contributed by atoms with Crippen LogP contribution >= 0.6 is 0 Å². The first-order chi connectivity index (χ1) is 9.52. The van der Waals surface area contributed by atoms with Gasteiger partial charge in [-0.15, -0.1) is 0 Å². The van der Waals surface area contributed by atoms with Crippen LogP contribution in [0, 0.1) is 13.8 Å². The van der Waals surface area contributed by atoms with E-state index in [1.807, 2.05) is 50.2 Å². The molecule has 0 saturated carbocycles. The minimum atomic E-state index is 0.0375. The zero-order chi connectivity index (χ0) is 14.7. The van der Waals surface area contributed by atoms with Gasteiger partial charge >= 0.3 is 0 Å². The Kier molecular flexibility index (Phi) is 4.08. The van der Waals surface area contributed by atoms with Crippen LogP contribution in [0.5, 0.6) is 5.75 Å². The number of Topliss-reactive ketones (excluding diaryl/α,β-unsaturated/α-hetero) is 1. The van der Waals surface area contributed by atoms with Crippen LogP contribution < -0.4 is 10.5 Å². The van der Waals surface area contributed by atoms with Crippen molar-refractivity contribution in [2.45, 2.75) is 20.3 Å². The summed E-state index contributed by atoms with van der Waals surface area (Å²) in [7, 11) is 1.60. The van der Waals surface area contributed by atoms with Crippen LogP contribution in [-0.2, 0) is 6.42 Å². The fourth-order valence-electron chi connectivity index (χ4n) is 2.26. The van der Waals surface area contributed by atoms with Gasteiger partial charge in [-0.05, 0) is 48.7 Å². The van der Waals surface area contributed by atoms with E-state index >= 15 is 0 Å². The van der Waals surface area contributed by atoms with Gasteiger partial charge in [-0.3, -0.25) is 4.79 Å². The van der Waals surface area contributed by atoms with Crippen molar-refractivity contribution in [1.82, 2.24) is 0 Å². The van der Waals surface area contributed by atoms with Crippen molar-refractivity contribution in [3.63, 3.8) is 0 Å². The number of hydrogen-bond donors (Lipinski definition) is 1. The maximum atomic E-state index is 12.4. The Balaban J connectivity index is 2.32. The highest BCUT2D eigenvalue weighted by Gasteiger charge is 2.15. The van der Waals surface area contributed by atoms with Crippen LogP contribution in [-0.4, -0.2) is 12.9 Å². The number of anilines is 1. The van der Waals surface area contributed by atoms with Gasteiger partial charge in [0.05, 0.1) is 12.7 Å². The van der Waals surface area contributed by atoms with Crippen LogP contribution in [0.3, 0.4) is 0 Å². The summed E-state index contributed by atoms with van der Waals surface area (Å²) >= 11 is 0. The van der Waals surface area contributed by atoms with E-state index in [-0.39, 0.29) is 5.78 Å². The molecule has 0 heterocycles. The third-order valence-electron chi connectivity index (χ3n) is 3.50. The predicted molar refractivity (Wildman–Crippen MR) is 81.4 cm³/mol. The summed E-state index contributed by atoms with van der Waals surface area (Å²) in [6.45, 7) is 3.97. The first-order valence-corrected chi connectivity index (χ1v) is 6.54. The second-order valence-electron chi connectivity index (χ2n) is 4.93. The number of aryl methyl sites for hydroxylation is 1. The van der Waals surface area contributed by atoms with Crippen LogP contribution in [0.2, 0.25) is 0 Å². The zero-order valence-electron chi connectivity index (χ0n) is 12.1.